The maximum Gasteiger partial charge on any atom is 0.259 e. The first-order chi connectivity index (χ1) is 13.6. The van der Waals surface area contributed by atoms with Crippen LogP contribution in [0.3, 0.4) is 0 Å². The van der Waals surface area contributed by atoms with Gasteiger partial charge < -0.3 is 9.15 Å². The van der Waals surface area contributed by atoms with E-state index in [4.69, 9.17) is 14.1 Å². The largest absolute Gasteiger partial charge is 0.495 e. The number of furan rings is 1. The molecule has 0 aliphatic carbocycles. The van der Waals surface area contributed by atoms with Gasteiger partial charge in [0.25, 0.3) is 5.56 Å². The van der Waals surface area contributed by atoms with Crippen molar-refractivity contribution in [1.82, 2.24) is 14.5 Å². The Morgan fingerprint density at radius 1 is 1.18 bits per heavy atom. The molecule has 1 aliphatic rings. The summed E-state index contributed by atoms with van der Waals surface area (Å²) < 4.78 is 12.8. The minimum atomic E-state index is 0.00837. The maximum atomic E-state index is 13.2. The van der Waals surface area contributed by atoms with E-state index in [-0.39, 0.29) is 5.56 Å². The molecular formula is C21H24N4O3. The van der Waals surface area contributed by atoms with Crippen molar-refractivity contribution in [3.8, 4) is 5.75 Å². The molecule has 7 nitrogen and oxygen atoms in total. The van der Waals surface area contributed by atoms with Crippen LogP contribution in [0, 0.1) is 6.92 Å². The van der Waals surface area contributed by atoms with Crippen LogP contribution in [0.4, 0.5) is 11.6 Å². The number of fused-ring (bicyclic) bond motifs is 1. The predicted octanol–water partition coefficient (Wildman–Crippen LogP) is 3.28. The van der Waals surface area contributed by atoms with Gasteiger partial charge in [-0.25, -0.2) is 4.98 Å². The number of hydrogen-bond acceptors (Lipinski definition) is 6. The highest BCUT2D eigenvalue weighted by Gasteiger charge is 2.29. The second kappa shape index (κ2) is 7.52. The van der Waals surface area contributed by atoms with E-state index in [1.807, 2.05) is 55.1 Å². The lowest BCUT2D eigenvalue weighted by Gasteiger charge is -2.38. The Kier molecular flexibility index (Phi) is 4.92. The Morgan fingerprint density at radius 2 is 2.00 bits per heavy atom. The smallest absolute Gasteiger partial charge is 0.259 e. The zero-order valence-electron chi connectivity index (χ0n) is 16.4. The summed E-state index contributed by atoms with van der Waals surface area (Å²) in [6.45, 7) is 5.51. The second-order valence-corrected chi connectivity index (χ2v) is 6.85. The van der Waals surface area contributed by atoms with Crippen molar-refractivity contribution in [2.24, 2.45) is 0 Å². The first-order valence-corrected chi connectivity index (χ1v) is 9.38. The number of rotatable bonds is 5. The standard InChI is InChI=1S/C21H24N4O3/c1-4-17-15(2)22-21-24(18-9-5-6-10-19(18)27-3)13-23(14-25(21)20(17)26)12-16-8-7-11-28-16/h5-11H,4,12-14H2,1-3H3. The first kappa shape index (κ1) is 18.3. The number of nitrogens with zero attached hydrogens (tertiary/aromatic N) is 4. The van der Waals surface area contributed by atoms with Crippen LogP contribution < -0.4 is 15.2 Å². The fraction of sp³-hybridized carbons (Fsp3) is 0.333. The predicted molar refractivity (Wildman–Crippen MR) is 107 cm³/mol. The number of anilines is 2. The minimum Gasteiger partial charge on any atom is -0.495 e. The summed E-state index contributed by atoms with van der Waals surface area (Å²) in [5, 5.41) is 0. The summed E-state index contributed by atoms with van der Waals surface area (Å²) in [4.78, 5) is 22.1. The molecule has 0 amide bonds. The molecule has 0 saturated carbocycles. The van der Waals surface area contributed by atoms with Crippen LogP contribution in [0.25, 0.3) is 0 Å². The summed E-state index contributed by atoms with van der Waals surface area (Å²) in [6, 6.07) is 11.6. The molecule has 0 saturated heterocycles. The van der Waals surface area contributed by atoms with Crippen LogP contribution in [0.1, 0.15) is 23.9 Å². The van der Waals surface area contributed by atoms with Gasteiger partial charge in [-0.1, -0.05) is 19.1 Å². The summed E-state index contributed by atoms with van der Waals surface area (Å²) in [7, 11) is 1.65. The summed E-state index contributed by atoms with van der Waals surface area (Å²) in [5.74, 6) is 2.23. The number of benzene rings is 1. The van der Waals surface area contributed by atoms with Gasteiger partial charge in [0.2, 0.25) is 5.95 Å². The highest BCUT2D eigenvalue weighted by atomic mass is 16.5. The monoisotopic (exact) mass is 380 g/mol. The lowest BCUT2D eigenvalue weighted by atomic mass is 10.2. The zero-order chi connectivity index (χ0) is 19.7. The Labute approximate surface area is 163 Å². The quantitative estimate of drug-likeness (QED) is 0.677. The third-order valence-corrected chi connectivity index (χ3v) is 5.06. The summed E-state index contributed by atoms with van der Waals surface area (Å²) in [5.41, 5.74) is 2.41. The van der Waals surface area contributed by atoms with E-state index in [1.54, 1.807) is 17.9 Å². The van der Waals surface area contributed by atoms with E-state index >= 15 is 0 Å². The summed E-state index contributed by atoms with van der Waals surface area (Å²) in [6.07, 6.45) is 2.32. The van der Waals surface area contributed by atoms with Gasteiger partial charge in [-0.15, -0.1) is 0 Å². The first-order valence-electron chi connectivity index (χ1n) is 9.38. The van der Waals surface area contributed by atoms with E-state index < -0.39 is 0 Å². The van der Waals surface area contributed by atoms with E-state index in [1.165, 1.54) is 0 Å². The lowest BCUT2D eigenvalue weighted by molar-refractivity contribution is 0.175. The van der Waals surface area contributed by atoms with Crippen LogP contribution in [-0.2, 0) is 19.6 Å². The van der Waals surface area contributed by atoms with Crippen LogP contribution in [0.5, 0.6) is 5.75 Å². The lowest BCUT2D eigenvalue weighted by Crippen LogP contribution is -2.47. The van der Waals surface area contributed by atoms with E-state index in [2.05, 4.69) is 4.90 Å². The Balaban J connectivity index is 1.84. The minimum absolute atomic E-state index is 0.00837. The SMILES string of the molecule is CCc1c(C)nc2n(c1=O)CN(Cc1ccco1)CN2c1ccccc1OC. The van der Waals surface area contributed by atoms with Crippen molar-refractivity contribution in [3.63, 3.8) is 0 Å². The molecule has 0 atom stereocenters. The number of para-hydroxylation sites is 2. The van der Waals surface area contributed by atoms with Gasteiger partial charge >= 0.3 is 0 Å². The Bertz CT molecular complexity index is 1030. The van der Waals surface area contributed by atoms with Gasteiger partial charge in [0.05, 0.1) is 38.9 Å². The molecule has 1 aliphatic heterocycles. The number of ether oxygens (including phenoxy) is 1. The third kappa shape index (κ3) is 3.18. The molecule has 4 rings (SSSR count). The molecule has 28 heavy (non-hydrogen) atoms. The normalized spacial score (nSPS) is 14.2. The highest BCUT2D eigenvalue weighted by molar-refractivity contribution is 5.66. The van der Waals surface area contributed by atoms with Crippen molar-refractivity contribution >= 4 is 11.6 Å². The van der Waals surface area contributed by atoms with Crippen molar-refractivity contribution in [2.75, 3.05) is 18.7 Å². The third-order valence-electron chi connectivity index (χ3n) is 5.06. The molecule has 0 unspecified atom stereocenters. The number of aromatic nitrogens is 2. The average Bonchev–Trinajstić information content (AvgIpc) is 3.21. The molecule has 146 valence electrons. The topological polar surface area (TPSA) is 63.7 Å². The molecule has 0 N–H and O–H groups in total. The van der Waals surface area contributed by atoms with Gasteiger partial charge in [0, 0.05) is 11.3 Å². The van der Waals surface area contributed by atoms with Crippen LogP contribution in [0.2, 0.25) is 0 Å². The van der Waals surface area contributed by atoms with Gasteiger partial charge in [0.15, 0.2) is 0 Å². The number of aryl methyl sites for hydroxylation is 1. The molecule has 3 aromatic rings. The van der Waals surface area contributed by atoms with Crippen molar-refractivity contribution in [2.45, 2.75) is 33.5 Å². The average molecular weight is 380 g/mol. The van der Waals surface area contributed by atoms with Crippen molar-refractivity contribution < 1.29 is 9.15 Å². The molecule has 0 radical (unpaired) electrons. The molecular weight excluding hydrogens is 356 g/mol. The van der Waals surface area contributed by atoms with Gasteiger partial charge in [0.1, 0.15) is 11.5 Å². The second-order valence-electron chi connectivity index (χ2n) is 6.85. The van der Waals surface area contributed by atoms with Crippen molar-refractivity contribution in [3.05, 3.63) is 70.0 Å². The van der Waals surface area contributed by atoms with Gasteiger partial charge in [-0.05, 0) is 37.6 Å². The van der Waals surface area contributed by atoms with E-state index in [0.717, 1.165) is 28.5 Å². The van der Waals surface area contributed by atoms with Crippen LogP contribution in [0.15, 0.2) is 51.9 Å². The number of methoxy groups -OCH3 is 1. The molecule has 1 aromatic carbocycles. The number of hydrogen-bond donors (Lipinski definition) is 0. The molecule has 7 heteroatoms. The Morgan fingerprint density at radius 3 is 2.71 bits per heavy atom. The molecule has 3 heterocycles. The van der Waals surface area contributed by atoms with Crippen LogP contribution in [-0.4, -0.2) is 28.2 Å². The van der Waals surface area contributed by atoms with E-state index in [0.29, 0.717) is 32.3 Å². The van der Waals surface area contributed by atoms with E-state index in [9.17, 15) is 4.79 Å². The summed E-state index contributed by atoms with van der Waals surface area (Å²) >= 11 is 0. The van der Waals surface area contributed by atoms with Crippen LogP contribution >= 0.6 is 0 Å². The molecule has 2 aromatic heterocycles. The highest BCUT2D eigenvalue weighted by Crippen LogP contribution is 2.35. The maximum absolute atomic E-state index is 13.2. The fourth-order valence-electron chi connectivity index (χ4n) is 3.69. The van der Waals surface area contributed by atoms with Crippen molar-refractivity contribution in [1.29, 1.82) is 0 Å². The molecule has 0 bridgehead atoms. The zero-order valence-corrected chi connectivity index (χ0v) is 16.4. The Hall–Kier alpha value is -3.06. The van der Waals surface area contributed by atoms with Gasteiger partial charge in [-0.2, -0.15) is 0 Å². The fourth-order valence-corrected chi connectivity index (χ4v) is 3.69. The molecule has 0 fully saturated rings. The molecule has 0 spiro atoms. The van der Waals surface area contributed by atoms with Gasteiger partial charge in [-0.3, -0.25) is 19.2 Å².